The summed E-state index contributed by atoms with van der Waals surface area (Å²) in [5.74, 6) is -1.02. The fraction of sp³-hybridized carbons (Fsp3) is 0.423. The third kappa shape index (κ3) is 5.18. The lowest BCUT2D eigenvalue weighted by Gasteiger charge is -2.21. The van der Waals surface area contributed by atoms with E-state index in [1.54, 1.807) is 0 Å². The average molecular weight is 451 g/mol. The summed E-state index contributed by atoms with van der Waals surface area (Å²) < 4.78 is 5.56. The number of benzene rings is 2. The molecule has 3 N–H and O–H groups in total. The highest BCUT2D eigenvalue weighted by Crippen LogP contribution is 2.44. The fourth-order valence-corrected chi connectivity index (χ4v) is 5.08. The first kappa shape index (κ1) is 22.8. The number of carbonyl (C=O) groups excluding carboxylic acids is 2. The van der Waals surface area contributed by atoms with Crippen LogP contribution in [-0.4, -0.2) is 41.8 Å². The summed E-state index contributed by atoms with van der Waals surface area (Å²) in [6.07, 6.45) is 2.13. The van der Waals surface area contributed by atoms with Crippen molar-refractivity contribution in [2.24, 2.45) is 5.92 Å². The van der Waals surface area contributed by atoms with Gasteiger partial charge in [-0.2, -0.15) is 0 Å². The van der Waals surface area contributed by atoms with Crippen LogP contribution in [0.3, 0.4) is 0 Å². The number of carbonyl (C=O) groups is 3. The number of fused-ring (bicyclic) bond motifs is 3. The van der Waals surface area contributed by atoms with Crippen molar-refractivity contribution in [1.29, 1.82) is 0 Å². The second kappa shape index (κ2) is 10.1. The molecule has 3 atom stereocenters. The van der Waals surface area contributed by atoms with E-state index in [-0.39, 0.29) is 36.8 Å². The normalized spacial score (nSPS) is 19.9. The van der Waals surface area contributed by atoms with E-state index >= 15 is 0 Å². The largest absolute Gasteiger partial charge is 0.481 e. The predicted molar refractivity (Wildman–Crippen MR) is 124 cm³/mol. The average Bonchev–Trinajstić information content (AvgIpc) is 3.37. The highest BCUT2D eigenvalue weighted by atomic mass is 16.5. The minimum atomic E-state index is -0.810. The lowest BCUT2D eigenvalue weighted by atomic mass is 9.98. The molecule has 0 bridgehead atoms. The molecule has 4 rings (SSSR count). The third-order valence-corrected chi connectivity index (χ3v) is 6.71. The van der Waals surface area contributed by atoms with E-state index < -0.39 is 18.1 Å². The van der Waals surface area contributed by atoms with Crippen LogP contribution in [0.5, 0.6) is 0 Å². The number of amides is 2. The molecule has 0 spiro atoms. The summed E-state index contributed by atoms with van der Waals surface area (Å²) in [6, 6.07) is 15.5. The molecule has 0 saturated heterocycles. The zero-order valence-corrected chi connectivity index (χ0v) is 18.8. The van der Waals surface area contributed by atoms with Gasteiger partial charge in [0.15, 0.2) is 0 Å². The summed E-state index contributed by atoms with van der Waals surface area (Å²) >= 11 is 0. The maximum absolute atomic E-state index is 12.7. The van der Waals surface area contributed by atoms with Crippen molar-refractivity contribution in [3.05, 3.63) is 59.7 Å². The quantitative estimate of drug-likeness (QED) is 0.563. The van der Waals surface area contributed by atoms with Crippen LogP contribution in [0.25, 0.3) is 11.1 Å². The smallest absolute Gasteiger partial charge is 0.407 e. The second-order valence-corrected chi connectivity index (χ2v) is 8.91. The monoisotopic (exact) mass is 450 g/mol. The van der Waals surface area contributed by atoms with Gasteiger partial charge in [0.25, 0.3) is 0 Å². The standard InChI is InChI=1S/C26H30N2O5/c1-2-23(25(31)27-17-12-11-16(13-17)14-24(29)30)28-26(32)33-15-22-20-9-5-3-7-18(20)19-8-4-6-10-21(19)22/h3-10,16-17,22-23H,2,11-15H2,1H3,(H,27,31)(H,28,32)(H,29,30)/t16-,17+,23?/m0/s1. The summed E-state index contributed by atoms with van der Waals surface area (Å²) in [7, 11) is 0. The van der Waals surface area contributed by atoms with Crippen LogP contribution in [0.4, 0.5) is 4.79 Å². The number of nitrogens with one attached hydrogen (secondary N) is 2. The van der Waals surface area contributed by atoms with E-state index in [1.165, 1.54) is 0 Å². The Hall–Kier alpha value is -3.35. The first-order valence-electron chi connectivity index (χ1n) is 11.6. The molecule has 2 amide bonds. The molecule has 2 aliphatic rings. The lowest BCUT2D eigenvalue weighted by molar-refractivity contribution is -0.138. The predicted octanol–water partition coefficient (Wildman–Crippen LogP) is 4.06. The molecule has 7 heteroatoms. The van der Waals surface area contributed by atoms with E-state index in [9.17, 15) is 14.4 Å². The number of ether oxygens (including phenoxy) is 1. The number of hydrogen-bond acceptors (Lipinski definition) is 4. The molecular formula is C26H30N2O5. The van der Waals surface area contributed by atoms with E-state index in [4.69, 9.17) is 9.84 Å². The van der Waals surface area contributed by atoms with Gasteiger partial charge in [0.1, 0.15) is 12.6 Å². The van der Waals surface area contributed by atoms with Gasteiger partial charge in [-0.05, 0) is 53.9 Å². The lowest BCUT2D eigenvalue weighted by Crippen LogP contribution is -2.49. The van der Waals surface area contributed by atoms with Crippen molar-refractivity contribution in [3.8, 4) is 11.1 Å². The Morgan fingerprint density at radius 1 is 1.03 bits per heavy atom. The molecule has 0 heterocycles. The highest BCUT2D eigenvalue weighted by Gasteiger charge is 2.31. The van der Waals surface area contributed by atoms with Gasteiger partial charge in [0, 0.05) is 18.4 Å². The molecule has 1 saturated carbocycles. The van der Waals surface area contributed by atoms with Gasteiger partial charge < -0.3 is 20.5 Å². The second-order valence-electron chi connectivity index (χ2n) is 8.91. The maximum Gasteiger partial charge on any atom is 0.407 e. The van der Waals surface area contributed by atoms with Crippen LogP contribution < -0.4 is 10.6 Å². The number of rotatable bonds is 8. The number of alkyl carbamates (subject to hydrolysis) is 1. The Kier molecular flexibility index (Phi) is 6.96. The summed E-state index contributed by atoms with van der Waals surface area (Å²) in [5.41, 5.74) is 4.58. The van der Waals surface area contributed by atoms with Gasteiger partial charge in [-0.1, -0.05) is 55.5 Å². The van der Waals surface area contributed by atoms with Gasteiger partial charge in [0.05, 0.1) is 0 Å². The summed E-state index contributed by atoms with van der Waals surface area (Å²) in [5, 5.41) is 14.6. The van der Waals surface area contributed by atoms with Crippen LogP contribution >= 0.6 is 0 Å². The third-order valence-electron chi connectivity index (χ3n) is 6.71. The molecule has 2 aliphatic carbocycles. The summed E-state index contributed by atoms with van der Waals surface area (Å²) in [4.78, 5) is 36.1. The molecule has 1 unspecified atom stereocenters. The molecule has 2 aromatic carbocycles. The van der Waals surface area contributed by atoms with Crippen molar-refractivity contribution in [3.63, 3.8) is 0 Å². The molecular weight excluding hydrogens is 420 g/mol. The van der Waals surface area contributed by atoms with E-state index in [2.05, 4.69) is 34.9 Å². The van der Waals surface area contributed by atoms with Crippen molar-refractivity contribution in [2.45, 2.75) is 57.0 Å². The van der Waals surface area contributed by atoms with E-state index in [0.717, 1.165) is 35.1 Å². The SMILES string of the molecule is CCC(NC(=O)OCC1c2ccccc2-c2ccccc21)C(=O)N[C@@H]1CC[C@H](CC(=O)O)C1. The van der Waals surface area contributed by atoms with Crippen molar-refractivity contribution in [1.82, 2.24) is 10.6 Å². The van der Waals surface area contributed by atoms with Gasteiger partial charge in [-0.3, -0.25) is 9.59 Å². The fourth-order valence-electron chi connectivity index (χ4n) is 5.08. The number of aliphatic carboxylic acids is 1. The van der Waals surface area contributed by atoms with Crippen molar-refractivity contribution in [2.75, 3.05) is 6.61 Å². The Balaban J connectivity index is 1.31. The van der Waals surface area contributed by atoms with E-state index in [1.807, 2.05) is 31.2 Å². The Labute approximate surface area is 193 Å². The zero-order valence-electron chi connectivity index (χ0n) is 18.8. The Morgan fingerprint density at radius 2 is 1.67 bits per heavy atom. The van der Waals surface area contributed by atoms with Crippen LogP contribution in [-0.2, 0) is 14.3 Å². The molecule has 33 heavy (non-hydrogen) atoms. The van der Waals surface area contributed by atoms with Crippen LogP contribution in [0.1, 0.15) is 56.1 Å². The van der Waals surface area contributed by atoms with Gasteiger partial charge in [-0.15, -0.1) is 0 Å². The van der Waals surface area contributed by atoms with Crippen LogP contribution in [0, 0.1) is 5.92 Å². The molecule has 0 radical (unpaired) electrons. The minimum absolute atomic E-state index is 0.0401. The number of hydrogen-bond donors (Lipinski definition) is 3. The molecule has 0 aliphatic heterocycles. The highest BCUT2D eigenvalue weighted by molar-refractivity contribution is 5.86. The molecule has 174 valence electrons. The van der Waals surface area contributed by atoms with Crippen molar-refractivity contribution < 1.29 is 24.2 Å². The van der Waals surface area contributed by atoms with Crippen LogP contribution in [0.2, 0.25) is 0 Å². The van der Waals surface area contributed by atoms with Gasteiger partial charge >= 0.3 is 12.1 Å². The summed E-state index contributed by atoms with van der Waals surface area (Å²) in [6.45, 7) is 2.02. The topological polar surface area (TPSA) is 105 Å². The minimum Gasteiger partial charge on any atom is -0.481 e. The molecule has 1 fully saturated rings. The van der Waals surface area contributed by atoms with Crippen molar-refractivity contribution >= 4 is 18.0 Å². The van der Waals surface area contributed by atoms with Gasteiger partial charge in [-0.25, -0.2) is 4.79 Å². The Morgan fingerprint density at radius 3 is 2.27 bits per heavy atom. The molecule has 2 aromatic rings. The van der Waals surface area contributed by atoms with Gasteiger partial charge in [0.2, 0.25) is 5.91 Å². The first-order valence-corrected chi connectivity index (χ1v) is 11.6. The maximum atomic E-state index is 12.7. The zero-order chi connectivity index (χ0) is 23.4. The number of carboxylic acids is 1. The molecule has 7 nitrogen and oxygen atoms in total. The Bertz CT molecular complexity index is 991. The molecule has 0 aromatic heterocycles. The van der Waals surface area contributed by atoms with Crippen LogP contribution in [0.15, 0.2) is 48.5 Å². The first-order chi connectivity index (χ1) is 16.0. The number of carboxylic acid groups (broad SMARTS) is 1. The van der Waals surface area contributed by atoms with E-state index in [0.29, 0.717) is 12.8 Å².